The zero-order valence-corrected chi connectivity index (χ0v) is 16.0. The molecule has 7 nitrogen and oxygen atoms in total. The normalized spacial score (nSPS) is 15.2. The lowest BCUT2D eigenvalue weighted by atomic mass is 10.0. The van der Waals surface area contributed by atoms with Gasteiger partial charge in [0.2, 0.25) is 5.91 Å². The van der Waals surface area contributed by atoms with Gasteiger partial charge in [-0.3, -0.25) is 9.59 Å². The number of benzene rings is 1. The third-order valence-electron chi connectivity index (χ3n) is 5.44. The SMILES string of the molecule is Cn1cnc2c(-c3ccc(C(F)(F)F)cc3)cnc(NCC3(C(N)=O)CC3)c2c1=O. The Hall–Kier alpha value is -3.43. The molecule has 1 aliphatic carbocycles. The van der Waals surface area contributed by atoms with Gasteiger partial charge in [-0.25, -0.2) is 9.97 Å². The molecule has 1 aromatic carbocycles. The van der Waals surface area contributed by atoms with Crippen molar-refractivity contribution in [3.05, 3.63) is 52.7 Å². The third-order valence-corrected chi connectivity index (χ3v) is 5.44. The number of anilines is 1. The van der Waals surface area contributed by atoms with E-state index >= 15 is 0 Å². The monoisotopic (exact) mass is 417 g/mol. The first-order valence-electron chi connectivity index (χ1n) is 9.18. The van der Waals surface area contributed by atoms with Crippen LogP contribution in [0.25, 0.3) is 22.0 Å². The number of carbonyl (C=O) groups excluding carboxylic acids is 1. The summed E-state index contributed by atoms with van der Waals surface area (Å²) in [5.41, 5.74) is 4.85. The smallest absolute Gasteiger partial charge is 0.369 e. The minimum absolute atomic E-state index is 0.192. The molecule has 1 aliphatic rings. The number of halogens is 3. The first-order valence-corrected chi connectivity index (χ1v) is 9.18. The average Bonchev–Trinajstić information content (AvgIpc) is 3.50. The molecule has 2 aromatic heterocycles. The summed E-state index contributed by atoms with van der Waals surface area (Å²) in [5, 5.41) is 3.23. The van der Waals surface area contributed by atoms with E-state index in [1.807, 2.05) is 0 Å². The Balaban J connectivity index is 1.79. The van der Waals surface area contributed by atoms with Gasteiger partial charge in [-0.1, -0.05) is 12.1 Å². The van der Waals surface area contributed by atoms with Gasteiger partial charge in [-0.15, -0.1) is 0 Å². The summed E-state index contributed by atoms with van der Waals surface area (Å²) in [6, 6.07) is 4.58. The van der Waals surface area contributed by atoms with Crippen molar-refractivity contribution >= 4 is 22.6 Å². The van der Waals surface area contributed by atoms with E-state index in [1.54, 1.807) is 0 Å². The van der Waals surface area contributed by atoms with Crippen LogP contribution >= 0.6 is 0 Å². The number of hydrogen-bond acceptors (Lipinski definition) is 5. The van der Waals surface area contributed by atoms with E-state index < -0.39 is 23.1 Å². The van der Waals surface area contributed by atoms with Crippen LogP contribution in [0.15, 0.2) is 41.6 Å². The molecule has 156 valence electrons. The van der Waals surface area contributed by atoms with Crippen LogP contribution in [-0.2, 0) is 18.0 Å². The molecule has 0 bridgehead atoms. The van der Waals surface area contributed by atoms with Crippen molar-refractivity contribution in [2.45, 2.75) is 19.0 Å². The van der Waals surface area contributed by atoms with E-state index in [0.717, 1.165) is 12.1 Å². The molecule has 0 unspecified atom stereocenters. The summed E-state index contributed by atoms with van der Waals surface area (Å²) in [6.45, 7) is 0.238. The summed E-state index contributed by atoms with van der Waals surface area (Å²) in [6.07, 6.45) is -0.336. The van der Waals surface area contributed by atoms with E-state index in [2.05, 4.69) is 15.3 Å². The van der Waals surface area contributed by atoms with Crippen LogP contribution < -0.4 is 16.6 Å². The van der Waals surface area contributed by atoms with Crippen LogP contribution in [0, 0.1) is 5.41 Å². The zero-order valence-electron chi connectivity index (χ0n) is 16.0. The molecule has 0 aliphatic heterocycles. The number of carbonyl (C=O) groups is 1. The number of rotatable bonds is 5. The zero-order chi connectivity index (χ0) is 21.7. The number of aromatic nitrogens is 3. The molecule has 10 heteroatoms. The minimum Gasteiger partial charge on any atom is -0.369 e. The summed E-state index contributed by atoms with van der Waals surface area (Å²) in [7, 11) is 1.54. The Morgan fingerprint density at radius 3 is 2.47 bits per heavy atom. The predicted octanol–water partition coefficient (Wildman–Crippen LogP) is 2.69. The number of nitrogens with zero attached hydrogens (tertiary/aromatic N) is 3. The van der Waals surface area contributed by atoms with Crippen molar-refractivity contribution in [2.24, 2.45) is 18.2 Å². The number of alkyl halides is 3. The number of fused-ring (bicyclic) bond motifs is 1. The van der Waals surface area contributed by atoms with Crippen molar-refractivity contribution < 1.29 is 18.0 Å². The Morgan fingerprint density at radius 1 is 1.23 bits per heavy atom. The number of primary amides is 1. The van der Waals surface area contributed by atoms with Gasteiger partial charge in [0.15, 0.2) is 0 Å². The highest BCUT2D eigenvalue weighted by atomic mass is 19.4. The lowest BCUT2D eigenvalue weighted by Crippen LogP contribution is -2.31. The van der Waals surface area contributed by atoms with Crippen LogP contribution in [0.2, 0.25) is 0 Å². The quantitative estimate of drug-likeness (QED) is 0.665. The maximum atomic E-state index is 12.9. The van der Waals surface area contributed by atoms with Gasteiger partial charge in [-0.2, -0.15) is 13.2 Å². The van der Waals surface area contributed by atoms with Gasteiger partial charge >= 0.3 is 6.18 Å². The number of amides is 1. The lowest BCUT2D eigenvalue weighted by Gasteiger charge is -2.15. The molecule has 1 saturated carbocycles. The molecule has 1 amide bonds. The second kappa shape index (κ2) is 6.82. The molecule has 0 radical (unpaired) electrons. The number of nitrogens with two attached hydrogens (primary N) is 1. The van der Waals surface area contributed by atoms with E-state index in [4.69, 9.17) is 5.73 Å². The van der Waals surface area contributed by atoms with Crippen LogP contribution in [0.1, 0.15) is 18.4 Å². The summed E-state index contributed by atoms with van der Waals surface area (Å²) < 4.78 is 39.9. The lowest BCUT2D eigenvalue weighted by molar-refractivity contribution is -0.137. The molecular formula is C20H18F3N5O2. The second-order valence-corrected chi connectivity index (χ2v) is 7.48. The molecule has 2 heterocycles. The first kappa shape index (κ1) is 19.9. The Morgan fingerprint density at radius 2 is 1.90 bits per heavy atom. The molecule has 1 fully saturated rings. The van der Waals surface area contributed by atoms with Gasteiger partial charge in [0.1, 0.15) is 11.2 Å². The van der Waals surface area contributed by atoms with Crippen molar-refractivity contribution in [3.8, 4) is 11.1 Å². The van der Waals surface area contributed by atoms with Crippen molar-refractivity contribution in [2.75, 3.05) is 11.9 Å². The van der Waals surface area contributed by atoms with Crippen LogP contribution in [-0.4, -0.2) is 27.0 Å². The van der Waals surface area contributed by atoms with E-state index in [-0.39, 0.29) is 23.3 Å². The molecule has 3 aromatic rings. The maximum Gasteiger partial charge on any atom is 0.416 e. The van der Waals surface area contributed by atoms with Crippen molar-refractivity contribution in [3.63, 3.8) is 0 Å². The van der Waals surface area contributed by atoms with Crippen LogP contribution in [0.3, 0.4) is 0 Å². The van der Waals surface area contributed by atoms with Gasteiger partial charge in [0.05, 0.1) is 22.8 Å². The highest BCUT2D eigenvalue weighted by molar-refractivity contribution is 5.98. The summed E-state index contributed by atoms with van der Waals surface area (Å²) in [4.78, 5) is 33.0. The number of aryl methyl sites for hydroxylation is 1. The van der Waals surface area contributed by atoms with Gasteiger partial charge in [0.25, 0.3) is 5.56 Å². The Bertz CT molecular complexity index is 1200. The van der Waals surface area contributed by atoms with Crippen LogP contribution in [0.4, 0.5) is 19.0 Å². The van der Waals surface area contributed by atoms with Crippen molar-refractivity contribution in [1.82, 2.24) is 14.5 Å². The predicted molar refractivity (Wildman–Crippen MR) is 105 cm³/mol. The fraction of sp³-hybridized carbons (Fsp3) is 0.300. The molecule has 0 atom stereocenters. The van der Waals surface area contributed by atoms with Crippen molar-refractivity contribution in [1.29, 1.82) is 0 Å². The van der Waals surface area contributed by atoms with E-state index in [0.29, 0.717) is 29.5 Å². The molecule has 0 spiro atoms. The Kier molecular flexibility index (Phi) is 4.52. The highest BCUT2D eigenvalue weighted by Crippen LogP contribution is 2.45. The molecule has 30 heavy (non-hydrogen) atoms. The largest absolute Gasteiger partial charge is 0.416 e. The fourth-order valence-electron chi connectivity index (χ4n) is 3.31. The third kappa shape index (κ3) is 3.38. The Labute approximate surface area is 168 Å². The highest BCUT2D eigenvalue weighted by Gasteiger charge is 2.48. The van der Waals surface area contributed by atoms with E-state index in [1.165, 1.54) is 36.3 Å². The van der Waals surface area contributed by atoms with Gasteiger partial charge in [-0.05, 0) is 30.5 Å². The standard InChI is InChI=1S/C20H18F3N5O2/c1-28-10-27-15-13(11-2-4-12(5-3-11)20(21,22)23)8-25-16(14(15)17(28)29)26-9-19(6-7-19)18(24)30/h2-5,8,10H,6-7,9H2,1H3,(H2,24,30)(H,25,26). The maximum absolute atomic E-state index is 12.9. The van der Waals surface area contributed by atoms with E-state index in [9.17, 15) is 22.8 Å². The molecular weight excluding hydrogens is 399 g/mol. The fourth-order valence-corrected chi connectivity index (χ4v) is 3.31. The molecule has 0 saturated heterocycles. The minimum atomic E-state index is -4.44. The number of nitrogens with one attached hydrogen (secondary N) is 1. The summed E-state index contributed by atoms with van der Waals surface area (Å²) in [5.74, 6) is -0.159. The molecule has 4 rings (SSSR count). The average molecular weight is 417 g/mol. The van der Waals surface area contributed by atoms with Crippen LogP contribution in [0.5, 0.6) is 0 Å². The molecule has 3 N–H and O–H groups in total. The van der Waals surface area contributed by atoms with Gasteiger partial charge < -0.3 is 15.6 Å². The second-order valence-electron chi connectivity index (χ2n) is 7.48. The number of pyridine rings is 1. The number of hydrogen-bond donors (Lipinski definition) is 2. The summed E-state index contributed by atoms with van der Waals surface area (Å²) >= 11 is 0. The topological polar surface area (TPSA) is 103 Å². The first-order chi connectivity index (χ1) is 14.1. The van der Waals surface area contributed by atoms with Gasteiger partial charge in [0, 0.05) is 25.4 Å².